The molecule has 0 radical (unpaired) electrons. The number of benzene rings is 4. The Labute approximate surface area is 278 Å². The second-order valence-corrected chi connectivity index (χ2v) is 16.9. The normalized spacial score (nSPS) is 27.2. The fraction of sp³-hybridized carbons (Fsp3) is 0.263. The summed E-state index contributed by atoms with van der Waals surface area (Å²) in [7, 11) is -2.49. The van der Waals surface area contributed by atoms with Crippen LogP contribution in [0, 0.1) is 11.8 Å². The summed E-state index contributed by atoms with van der Waals surface area (Å²) in [6, 6.07) is 39.9. The van der Waals surface area contributed by atoms with Crippen LogP contribution in [0.3, 0.4) is 0 Å². The van der Waals surface area contributed by atoms with Gasteiger partial charge in [0, 0.05) is 18.3 Å². The first-order valence-corrected chi connectivity index (χ1v) is 18.8. The van der Waals surface area contributed by atoms with Gasteiger partial charge in [-0.1, -0.05) is 127 Å². The van der Waals surface area contributed by atoms with E-state index in [0.29, 0.717) is 6.42 Å². The summed E-state index contributed by atoms with van der Waals surface area (Å²) in [6.07, 6.45) is -6.83. The van der Waals surface area contributed by atoms with Gasteiger partial charge in [0.15, 0.2) is 0 Å². The molecule has 5 atom stereocenters. The third-order valence-electron chi connectivity index (χ3n) is 9.39. The molecule has 48 heavy (non-hydrogen) atoms. The van der Waals surface area contributed by atoms with Crippen LogP contribution >= 0.6 is 15.8 Å². The Bertz CT molecular complexity index is 1730. The van der Waals surface area contributed by atoms with Crippen molar-refractivity contribution in [1.29, 1.82) is 0 Å². The molecule has 0 bridgehead atoms. The standard InChI is InChI=1S/C38H32F4O4P2/c39-37(40)43-29-21-23-31(47(25-13-5-1-6-14-25)26-15-7-2-8-16-26)33(35(29)45-37)34-32(24-22-30-36(34)46-38(41,42)44-30)48(27-17-9-3-10-18-27)28-19-11-4-12-20-28/h1-20,23,29,32-35H,21-22,24H2/t29-,32-,33-,34+,35?/m0/s1. The molecule has 0 aromatic heterocycles. The molecule has 2 aliphatic heterocycles. The summed E-state index contributed by atoms with van der Waals surface area (Å²) in [5, 5.41) is 5.03. The molecule has 4 nitrogen and oxygen atoms in total. The lowest BCUT2D eigenvalue weighted by atomic mass is 9.74. The average Bonchev–Trinajstić information content (AvgIpc) is 3.60. The zero-order valence-corrected chi connectivity index (χ0v) is 27.5. The average molecular weight is 691 g/mol. The molecule has 4 aliphatic rings. The second kappa shape index (κ2) is 12.7. The van der Waals surface area contributed by atoms with E-state index in [9.17, 15) is 0 Å². The zero-order chi connectivity index (χ0) is 32.9. The highest BCUT2D eigenvalue weighted by molar-refractivity contribution is 7.76. The number of rotatable bonds is 7. The third kappa shape index (κ3) is 5.98. The van der Waals surface area contributed by atoms with Crippen molar-refractivity contribution in [3.8, 4) is 0 Å². The Morgan fingerprint density at radius 3 is 1.65 bits per heavy atom. The number of ether oxygens (including phenoxy) is 4. The molecule has 4 aromatic rings. The van der Waals surface area contributed by atoms with Gasteiger partial charge >= 0.3 is 12.6 Å². The van der Waals surface area contributed by atoms with Crippen molar-refractivity contribution in [2.45, 2.75) is 49.7 Å². The largest absolute Gasteiger partial charge is 0.585 e. The molecular formula is C38H32F4O4P2. The van der Waals surface area contributed by atoms with Gasteiger partial charge in [-0.25, -0.2) is 0 Å². The lowest BCUT2D eigenvalue weighted by molar-refractivity contribution is -0.353. The number of fused-ring (bicyclic) bond motifs is 1. The van der Waals surface area contributed by atoms with E-state index in [0.717, 1.165) is 26.5 Å². The fourth-order valence-electron chi connectivity index (χ4n) is 7.63. The lowest BCUT2D eigenvalue weighted by Crippen LogP contribution is -2.46. The van der Waals surface area contributed by atoms with Gasteiger partial charge in [0.2, 0.25) is 0 Å². The minimum Gasteiger partial charge on any atom is -0.400 e. The minimum atomic E-state index is -3.86. The van der Waals surface area contributed by atoms with Gasteiger partial charge in [-0.05, 0) is 60.9 Å². The molecule has 2 aliphatic carbocycles. The Balaban J connectivity index is 1.35. The molecule has 2 heterocycles. The molecule has 0 spiro atoms. The van der Waals surface area contributed by atoms with Gasteiger partial charge in [-0.15, -0.1) is 17.6 Å². The van der Waals surface area contributed by atoms with Crippen molar-refractivity contribution < 1.29 is 36.5 Å². The molecule has 4 aromatic carbocycles. The van der Waals surface area contributed by atoms with E-state index in [-0.39, 0.29) is 30.0 Å². The molecule has 0 amide bonds. The van der Waals surface area contributed by atoms with Crippen LogP contribution in [-0.4, -0.2) is 30.5 Å². The smallest absolute Gasteiger partial charge is 0.400 e. The quantitative estimate of drug-likeness (QED) is 0.145. The Morgan fingerprint density at radius 2 is 1.10 bits per heavy atom. The molecule has 10 heteroatoms. The topological polar surface area (TPSA) is 36.9 Å². The predicted octanol–water partition coefficient (Wildman–Crippen LogP) is 8.08. The van der Waals surface area contributed by atoms with E-state index < -0.39 is 52.5 Å². The third-order valence-corrected chi connectivity index (χ3v) is 15.0. The van der Waals surface area contributed by atoms with Gasteiger partial charge in [0.05, 0.1) is 6.10 Å². The molecule has 0 saturated carbocycles. The number of alkyl halides is 4. The van der Waals surface area contributed by atoms with E-state index in [4.69, 9.17) is 18.9 Å². The highest BCUT2D eigenvalue weighted by Gasteiger charge is 2.61. The van der Waals surface area contributed by atoms with E-state index in [2.05, 4.69) is 24.3 Å². The first-order chi connectivity index (χ1) is 23.3. The van der Waals surface area contributed by atoms with Crippen LogP contribution in [0.25, 0.3) is 0 Å². The van der Waals surface area contributed by atoms with Gasteiger partial charge in [0.1, 0.15) is 17.6 Å². The minimum absolute atomic E-state index is 0.0297. The van der Waals surface area contributed by atoms with E-state index in [1.165, 1.54) is 0 Å². The van der Waals surface area contributed by atoms with Crippen LogP contribution < -0.4 is 21.2 Å². The van der Waals surface area contributed by atoms with Gasteiger partial charge in [0.25, 0.3) is 0 Å². The van der Waals surface area contributed by atoms with Crippen molar-refractivity contribution >= 4 is 37.1 Å². The summed E-state index contributed by atoms with van der Waals surface area (Å²) >= 11 is 0. The Kier molecular flexibility index (Phi) is 8.41. The Hall–Kier alpha value is -3.54. The van der Waals surface area contributed by atoms with Crippen LogP contribution in [0.15, 0.2) is 144 Å². The van der Waals surface area contributed by atoms with Crippen LogP contribution in [0.5, 0.6) is 0 Å². The van der Waals surface area contributed by atoms with Crippen LogP contribution in [-0.2, 0) is 18.9 Å². The predicted molar refractivity (Wildman–Crippen MR) is 180 cm³/mol. The van der Waals surface area contributed by atoms with Crippen molar-refractivity contribution in [3.63, 3.8) is 0 Å². The maximum Gasteiger partial charge on any atom is 0.585 e. The van der Waals surface area contributed by atoms with Crippen LogP contribution in [0.2, 0.25) is 0 Å². The van der Waals surface area contributed by atoms with Crippen molar-refractivity contribution in [3.05, 3.63) is 144 Å². The van der Waals surface area contributed by atoms with Gasteiger partial charge in [-0.3, -0.25) is 9.47 Å². The molecule has 1 fully saturated rings. The SMILES string of the molecule is FC1(F)OC2=C(O1)[C@@H]([C@@H]1C(P(c3ccccc3)c3ccccc3)=CC[C@@H]3OC(F)(F)OC31)[C@@H](P(c1ccccc1)c1ccccc1)CC2. The molecule has 246 valence electrons. The first kappa shape index (κ1) is 31.7. The van der Waals surface area contributed by atoms with E-state index in [1.807, 2.05) is 103 Å². The number of halogens is 4. The van der Waals surface area contributed by atoms with Gasteiger partial charge < -0.3 is 9.47 Å². The monoisotopic (exact) mass is 690 g/mol. The summed E-state index contributed by atoms with van der Waals surface area (Å²) in [6.45, 7) is 0. The highest BCUT2D eigenvalue weighted by atomic mass is 31.1. The summed E-state index contributed by atoms with van der Waals surface area (Å²) in [4.78, 5) is 0. The van der Waals surface area contributed by atoms with Gasteiger partial charge in [-0.2, -0.15) is 0 Å². The zero-order valence-electron chi connectivity index (χ0n) is 25.7. The first-order valence-electron chi connectivity index (χ1n) is 16.0. The van der Waals surface area contributed by atoms with Crippen LogP contribution in [0.1, 0.15) is 19.3 Å². The number of allylic oxidation sites excluding steroid dienone is 2. The maximum absolute atomic E-state index is 15.1. The molecule has 1 saturated heterocycles. The van der Waals surface area contributed by atoms with Crippen LogP contribution in [0.4, 0.5) is 17.6 Å². The highest BCUT2D eigenvalue weighted by Crippen LogP contribution is 2.63. The molecule has 0 N–H and O–H groups in total. The maximum atomic E-state index is 15.1. The molecule has 1 unspecified atom stereocenters. The molecular weight excluding hydrogens is 658 g/mol. The number of hydrogen-bond acceptors (Lipinski definition) is 4. The Morgan fingerprint density at radius 1 is 0.583 bits per heavy atom. The number of hydrogen-bond donors (Lipinski definition) is 0. The van der Waals surface area contributed by atoms with Crippen molar-refractivity contribution in [1.82, 2.24) is 0 Å². The summed E-state index contributed by atoms with van der Waals surface area (Å²) < 4.78 is 81.6. The van der Waals surface area contributed by atoms with E-state index >= 15 is 17.6 Å². The van der Waals surface area contributed by atoms with Crippen molar-refractivity contribution in [2.24, 2.45) is 11.8 Å². The fourth-order valence-corrected chi connectivity index (χ4v) is 13.4. The second-order valence-electron chi connectivity index (χ2n) is 12.2. The lowest BCUT2D eigenvalue weighted by Gasteiger charge is -2.46. The molecule has 8 rings (SSSR count). The van der Waals surface area contributed by atoms with Crippen molar-refractivity contribution in [2.75, 3.05) is 0 Å². The summed E-state index contributed by atoms with van der Waals surface area (Å²) in [5.41, 5.74) is -0.283. The summed E-state index contributed by atoms with van der Waals surface area (Å²) in [5.74, 6) is -1.45. The van der Waals surface area contributed by atoms with E-state index in [1.54, 1.807) is 0 Å².